The Morgan fingerprint density at radius 1 is 1.36 bits per heavy atom. The van der Waals surface area contributed by atoms with E-state index in [1.54, 1.807) is 0 Å². The second kappa shape index (κ2) is 2.85. The van der Waals surface area contributed by atoms with Crippen LogP contribution in [0.2, 0.25) is 0 Å². The topological polar surface area (TPSA) is 29.5 Å². The summed E-state index contributed by atoms with van der Waals surface area (Å²) in [5.74, 6) is -1.75. The lowest BCUT2D eigenvalue weighted by Gasteiger charge is -2.38. The van der Waals surface area contributed by atoms with Crippen molar-refractivity contribution < 1.29 is 22.7 Å². The fourth-order valence-electron chi connectivity index (χ4n) is 1.91. The number of nitrogens with zero attached hydrogens (tertiary/aromatic N) is 1. The Labute approximate surface area is 78.8 Å². The number of hydrogen-bond acceptors (Lipinski definition) is 2. The summed E-state index contributed by atoms with van der Waals surface area (Å²) in [7, 11) is 0. The van der Waals surface area contributed by atoms with E-state index in [0.717, 1.165) is 11.3 Å². The van der Waals surface area contributed by atoms with E-state index < -0.39 is 17.7 Å². The van der Waals surface area contributed by atoms with Crippen LogP contribution in [0.3, 0.4) is 0 Å². The van der Waals surface area contributed by atoms with E-state index in [0.29, 0.717) is 13.0 Å². The van der Waals surface area contributed by atoms with Crippen molar-refractivity contribution in [3.05, 3.63) is 0 Å². The van der Waals surface area contributed by atoms with Gasteiger partial charge in [0, 0.05) is 13.0 Å². The van der Waals surface area contributed by atoms with Crippen molar-refractivity contribution in [1.82, 2.24) is 4.90 Å². The van der Waals surface area contributed by atoms with Gasteiger partial charge >= 0.3 is 12.1 Å². The lowest BCUT2D eigenvalue weighted by Crippen LogP contribution is -2.48. The minimum absolute atomic E-state index is 0.0886. The Morgan fingerprint density at radius 3 is 2.36 bits per heavy atom. The molecule has 0 aromatic rings. The number of ether oxygens (including phenoxy) is 1. The highest BCUT2D eigenvalue weighted by Gasteiger charge is 2.51. The van der Waals surface area contributed by atoms with Gasteiger partial charge in [0.1, 0.15) is 0 Å². The molecule has 80 valence electrons. The highest BCUT2D eigenvalue weighted by Crippen LogP contribution is 2.37. The van der Waals surface area contributed by atoms with Crippen LogP contribution in [-0.4, -0.2) is 42.3 Å². The number of rotatable bonds is 0. The van der Waals surface area contributed by atoms with E-state index in [-0.39, 0.29) is 13.1 Å². The van der Waals surface area contributed by atoms with Crippen molar-refractivity contribution in [1.29, 1.82) is 0 Å². The summed E-state index contributed by atoms with van der Waals surface area (Å²) in [4.78, 5) is 11.7. The molecule has 6 heteroatoms. The molecule has 1 spiro atoms. The molecule has 2 fully saturated rings. The highest BCUT2D eigenvalue weighted by molar-refractivity contribution is 5.82. The van der Waals surface area contributed by atoms with Gasteiger partial charge in [-0.15, -0.1) is 0 Å². The van der Waals surface area contributed by atoms with Crippen LogP contribution < -0.4 is 0 Å². The van der Waals surface area contributed by atoms with Gasteiger partial charge in [-0.05, 0) is 6.42 Å². The molecule has 1 unspecified atom stereocenters. The lowest BCUT2D eigenvalue weighted by atomic mass is 9.94. The zero-order chi connectivity index (χ0) is 10.4. The Bertz CT molecular complexity index is 260. The van der Waals surface area contributed by atoms with Gasteiger partial charge in [0.15, 0.2) is 0 Å². The molecule has 1 amide bonds. The monoisotopic (exact) mass is 209 g/mol. The molecule has 2 aliphatic heterocycles. The third-order valence-electron chi connectivity index (χ3n) is 2.81. The molecular formula is C8H10F3NO2. The largest absolute Gasteiger partial charge is 0.471 e. The second-order valence-electron chi connectivity index (χ2n) is 3.76. The molecule has 14 heavy (non-hydrogen) atoms. The minimum atomic E-state index is -4.75. The molecule has 1 atom stereocenters. The Morgan fingerprint density at radius 2 is 2.00 bits per heavy atom. The predicted molar refractivity (Wildman–Crippen MR) is 40.6 cm³/mol. The Hall–Kier alpha value is -0.780. The molecule has 0 aromatic carbocycles. The minimum Gasteiger partial charge on any atom is -0.373 e. The van der Waals surface area contributed by atoms with Gasteiger partial charge in [-0.1, -0.05) is 0 Å². The number of hydrogen-bond donors (Lipinski definition) is 0. The van der Waals surface area contributed by atoms with Gasteiger partial charge in [-0.2, -0.15) is 13.2 Å². The average Bonchev–Trinajstić information content (AvgIpc) is 2.44. The summed E-state index contributed by atoms with van der Waals surface area (Å²) in [6.45, 7) is 0.831. The van der Waals surface area contributed by atoms with Crippen molar-refractivity contribution in [2.45, 2.75) is 24.6 Å². The number of carbonyl (C=O) groups excluding carboxylic acids is 1. The lowest BCUT2D eigenvalue weighted by molar-refractivity contribution is -0.188. The third-order valence-corrected chi connectivity index (χ3v) is 2.81. The molecular weight excluding hydrogens is 199 g/mol. The summed E-state index contributed by atoms with van der Waals surface area (Å²) >= 11 is 0. The molecule has 2 aliphatic rings. The van der Waals surface area contributed by atoms with Crippen molar-refractivity contribution >= 4 is 5.91 Å². The van der Waals surface area contributed by atoms with E-state index in [1.807, 2.05) is 0 Å². The van der Waals surface area contributed by atoms with Gasteiger partial charge in [-0.25, -0.2) is 0 Å². The molecule has 0 radical (unpaired) electrons. The number of halogens is 3. The molecule has 3 nitrogen and oxygen atoms in total. The fourth-order valence-corrected chi connectivity index (χ4v) is 1.91. The smallest absolute Gasteiger partial charge is 0.373 e. The number of likely N-dealkylation sites (tertiary alicyclic amines) is 1. The van der Waals surface area contributed by atoms with Crippen molar-refractivity contribution in [2.24, 2.45) is 0 Å². The Balaban J connectivity index is 1.98. The average molecular weight is 209 g/mol. The third kappa shape index (κ3) is 1.47. The van der Waals surface area contributed by atoms with E-state index in [1.165, 1.54) is 0 Å². The first kappa shape index (κ1) is 9.76. The van der Waals surface area contributed by atoms with Gasteiger partial charge in [0.05, 0.1) is 18.8 Å². The quantitative estimate of drug-likeness (QED) is 0.594. The van der Waals surface area contributed by atoms with Gasteiger partial charge in [0.2, 0.25) is 0 Å². The number of amides is 1. The first-order valence-corrected chi connectivity index (χ1v) is 4.43. The number of alkyl halides is 3. The molecule has 2 heterocycles. The van der Waals surface area contributed by atoms with Gasteiger partial charge in [-0.3, -0.25) is 4.79 Å². The molecule has 0 aromatic heterocycles. The molecule has 0 aliphatic carbocycles. The normalized spacial score (nSPS) is 32.1. The SMILES string of the molecule is O=C(N1CCC2(CCO2)C1)C(F)(F)F. The van der Waals surface area contributed by atoms with Crippen molar-refractivity contribution in [2.75, 3.05) is 19.7 Å². The molecule has 2 saturated heterocycles. The zero-order valence-corrected chi connectivity index (χ0v) is 7.43. The van der Waals surface area contributed by atoms with Crippen LogP contribution >= 0.6 is 0 Å². The van der Waals surface area contributed by atoms with Crippen LogP contribution in [0.1, 0.15) is 12.8 Å². The van der Waals surface area contributed by atoms with Gasteiger partial charge in [0.25, 0.3) is 0 Å². The van der Waals surface area contributed by atoms with E-state index >= 15 is 0 Å². The molecule has 0 bridgehead atoms. The predicted octanol–water partition coefficient (Wildman–Crippen LogP) is 0.940. The summed E-state index contributed by atoms with van der Waals surface area (Å²) < 4.78 is 41.3. The maximum atomic E-state index is 12.0. The summed E-state index contributed by atoms with van der Waals surface area (Å²) in [6.07, 6.45) is -3.47. The Kier molecular flexibility index (Phi) is 1.99. The van der Waals surface area contributed by atoms with E-state index in [4.69, 9.17) is 4.74 Å². The molecule has 0 N–H and O–H groups in total. The second-order valence-corrected chi connectivity index (χ2v) is 3.76. The highest BCUT2D eigenvalue weighted by atomic mass is 19.4. The van der Waals surface area contributed by atoms with Crippen molar-refractivity contribution in [3.63, 3.8) is 0 Å². The van der Waals surface area contributed by atoms with Crippen molar-refractivity contribution in [3.8, 4) is 0 Å². The van der Waals surface area contributed by atoms with E-state index in [9.17, 15) is 18.0 Å². The maximum absolute atomic E-state index is 12.0. The standard InChI is InChI=1S/C8H10F3NO2/c9-8(10,11)6(13)12-3-1-7(5-12)2-4-14-7/h1-5H2. The molecule has 0 saturated carbocycles. The first-order chi connectivity index (χ1) is 6.43. The van der Waals surface area contributed by atoms with Crippen LogP contribution in [0, 0.1) is 0 Å². The maximum Gasteiger partial charge on any atom is 0.471 e. The first-order valence-electron chi connectivity index (χ1n) is 4.43. The summed E-state index contributed by atoms with van der Waals surface area (Å²) in [5.41, 5.74) is -0.457. The summed E-state index contributed by atoms with van der Waals surface area (Å²) in [6, 6.07) is 0. The van der Waals surface area contributed by atoms with Crippen LogP contribution in [0.25, 0.3) is 0 Å². The van der Waals surface area contributed by atoms with Crippen LogP contribution in [0.15, 0.2) is 0 Å². The van der Waals surface area contributed by atoms with Crippen LogP contribution in [-0.2, 0) is 9.53 Å². The van der Waals surface area contributed by atoms with Gasteiger partial charge < -0.3 is 9.64 Å². The molecule has 2 rings (SSSR count). The van der Waals surface area contributed by atoms with E-state index in [2.05, 4.69) is 0 Å². The fraction of sp³-hybridized carbons (Fsp3) is 0.875. The summed E-state index contributed by atoms with van der Waals surface area (Å²) in [5, 5.41) is 0. The number of carbonyl (C=O) groups is 1. The zero-order valence-electron chi connectivity index (χ0n) is 7.43. The van der Waals surface area contributed by atoms with Crippen LogP contribution in [0.4, 0.5) is 13.2 Å². The van der Waals surface area contributed by atoms with Crippen LogP contribution in [0.5, 0.6) is 0 Å².